The first-order valence-corrected chi connectivity index (χ1v) is 6.09. The summed E-state index contributed by atoms with van der Waals surface area (Å²) in [5.74, 6) is 1.67. The molecule has 0 spiro atoms. The molecule has 0 fully saturated rings. The third-order valence-electron chi connectivity index (χ3n) is 2.84. The summed E-state index contributed by atoms with van der Waals surface area (Å²) < 4.78 is 1.94. The number of rotatable bonds is 5. The Kier molecular flexibility index (Phi) is 3.77. The summed E-state index contributed by atoms with van der Waals surface area (Å²) in [7, 11) is 1.83. The maximum absolute atomic E-state index is 4.41. The van der Waals surface area contributed by atoms with Crippen LogP contribution in [0.3, 0.4) is 0 Å². The second-order valence-electron chi connectivity index (χ2n) is 4.06. The Bertz CT molecular complexity index is 525. The van der Waals surface area contributed by atoms with Crippen molar-refractivity contribution < 1.29 is 0 Å². The van der Waals surface area contributed by atoms with E-state index >= 15 is 0 Å². The SMILES string of the molecule is C=Cc1ccc(Cn2nc(NC)nc2CC)cc1. The van der Waals surface area contributed by atoms with Crippen LogP contribution >= 0.6 is 0 Å². The van der Waals surface area contributed by atoms with Gasteiger partial charge in [-0.1, -0.05) is 43.8 Å². The number of nitrogens with zero attached hydrogens (tertiary/aromatic N) is 3. The topological polar surface area (TPSA) is 42.7 Å². The summed E-state index contributed by atoms with van der Waals surface area (Å²) in [5.41, 5.74) is 2.34. The zero-order valence-corrected chi connectivity index (χ0v) is 10.8. The van der Waals surface area contributed by atoms with E-state index < -0.39 is 0 Å². The Morgan fingerprint density at radius 1 is 1.33 bits per heavy atom. The van der Waals surface area contributed by atoms with Gasteiger partial charge in [-0.25, -0.2) is 4.68 Å². The van der Waals surface area contributed by atoms with Gasteiger partial charge in [0.1, 0.15) is 5.82 Å². The molecular formula is C14H18N4. The molecule has 1 heterocycles. The molecule has 0 aliphatic heterocycles. The van der Waals surface area contributed by atoms with Crippen LogP contribution in [0.25, 0.3) is 6.08 Å². The van der Waals surface area contributed by atoms with Crippen LogP contribution in [0.4, 0.5) is 5.95 Å². The lowest BCUT2D eigenvalue weighted by Gasteiger charge is -2.04. The predicted octanol–water partition coefficient (Wildman–Crippen LogP) is 2.57. The molecule has 94 valence electrons. The molecule has 0 amide bonds. The van der Waals surface area contributed by atoms with Gasteiger partial charge in [-0.2, -0.15) is 4.98 Å². The summed E-state index contributed by atoms with van der Waals surface area (Å²) in [6, 6.07) is 8.31. The van der Waals surface area contributed by atoms with Gasteiger partial charge in [-0.05, 0) is 11.1 Å². The molecule has 4 nitrogen and oxygen atoms in total. The van der Waals surface area contributed by atoms with Crippen LogP contribution in [0.5, 0.6) is 0 Å². The number of nitrogens with one attached hydrogen (secondary N) is 1. The summed E-state index contributed by atoms with van der Waals surface area (Å²) in [4.78, 5) is 4.40. The summed E-state index contributed by atoms with van der Waals surface area (Å²) in [6.07, 6.45) is 2.72. The highest BCUT2D eigenvalue weighted by molar-refractivity contribution is 5.47. The first-order chi connectivity index (χ1) is 8.76. The van der Waals surface area contributed by atoms with Gasteiger partial charge >= 0.3 is 0 Å². The van der Waals surface area contributed by atoms with Crippen molar-refractivity contribution in [1.82, 2.24) is 14.8 Å². The molecule has 1 aromatic carbocycles. The lowest BCUT2D eigenvalue weighted by molar-refractivity contribution is 0.644. The molecule has 18 heavy (non-hydrogen) atoms. The van der Waals surface area contributed by atoms with Crippen LogP contribution in [0.2, 0.25) is 0 Å². The van der Waals surface area contributed by atoms with Crippen molar-refractivity contribution in [2.24, 2.45) is 0 Å². The molecule has 0 aliphatic carbocycles. The molecule has 2 aromatic rings. The van der Waals surface area contributed by atoms with Gasteiger partial charge in [0.2, 0.25) is 5.95 Å². The number of anilines is 1. The van der Waals surface area contributed by atoms with E-state index in [-0.39, 0.29) is 0 Å². The van der Waals surface area contributed by atoms with E-state index in [2.05, 4.69) is 53.2 Å². The molecule has 4 heteroatoms. The Morgan fingerprint density at radius 2 is 2.06 bits per heavy atom. The lowest BCUT2D eigenvalue weighted by Crippen LogP contribution is -2.06. The fraction of sp³-hybridized carbons (Fsp3) is 0.286. The average molecular weight is 242 g/mol. The van der Waals surface area contributed by atoms with Crippen molar-refractivity contribution in [3.8, 4) is 0 Å². The fourth-order valence-electron chi connectivity index (χ4n) is 1.80. The van der Waals surface area contributed by atoms with Crippen molar-refractivity contribution in [1.29, 1.82) is 0 Å². The number of benzene rings is 1. The number of hydrogen-bond donors (Lipinski definition) is 1. The molecule has 0 aliphatic rings. The fourth-order valence-corrected chi connectivity index (χ4v) is 1.80. The molecule has 0 saturated heterocycles. The second kappa shape index (κ2) is 5.49. The van der Waals surface area contributed by atoms with E-state index in [4.69, 9.17) is 0 Å². The zero-order valence-electron chi connectivity index (χ0n) is 10.8. The third-order valence-corrected chi connectivity index (χ3v) is 2.84. The summed E-state index contributed by atoms with van der Waals surface area (Å²) in [5, 5.41) is 7.38. The number of aryl methyl sites for hydroxylation is 1. The Labute approximate surface area is 107 Å². The molecule has 0 saturated carbocycles. The predicted molar refractivity (Wildman–Crippen MR) is 74.6 cm³/mol. The number of aromatic nitrogens is 3. The first-order valence-electron chi connectivity index (χ1n) is 6.09. The van der Waals surface area contributed by atoms with E-state index in [0.717, 1.165) is 24.4 Å². The Hall–Kier alpha value is -2.10. The number of hydrogen-bond acceptors (Lipinski definition) is 3. The van der Waals surface area contributed by atoms with Gasteiger partial charge in [0.05, 0.1) is 6.54 Å². The summed E-state index contributed by atoms with van der Waals surface area (Å²) >= 11 is 0. The van der Waals surface area contributed by atoms with Crippen LogP contribution in [0.15, 0.2) is 30.8 Å². The quantitative estimate of drug-likeness (QED) is 0.876. The first kappa shape index (κ1) is 12.4. The molecule has 0 radical (unpaired) electrons. The van der Waals surface area contributed by atoms with E-state index in [1.165, 1.54) is 5.56 Å². The smallest absolute Gasteiger partial charge is 0.242 e. The van der Waals surface area contributed by atoms with Gasteiger partial charge in [-0.15, -0.1) is 5.10 Å². The Balaban J connectivity index is 2.21. The third kappa shape index (κ3) is 2.59. The monoisotopic (exact) mass is 242 g/mol. The summed E-state index contributed by atoms with van der Waals surface area (Å²) in [6.45, 7) is 6.58. The minimum atomic E-state index is 0.676. The highest BCUT2D eigenvalue weighted by atomic mass is 15.4. The minimum absolute atomic E-state index is 0.676. The lowest BCUT2D eigenvalue weighted by atomic mass is 10.1. The van der Waals surface area contributed by atoms with Crippen LogP contribution < -0.4 is 5.32 Å². The molecule has 0 bridgehead atoms. The largest absolute Gasteiger partial charge is 0.356 e. The van der Waals surface area contributed by atoms with E-state index in [1.54, 1.807) is 0 Å². The van der Waals surface area contributed by atoms with E-state index in [0.29, 0.717) is 5.95 Å². The van der Waals surface area contributed by atoms with Crippen molar-refractivity contribution >= 4 is 12.0 Å². The van der Waals surface area contributed by atoms with Crippen molar-refractivity contribution in [2.45, 2.75) is 19.9 Å². The second-order valence-corrected chi connectivity index (χ2v) is 4.06. The zero-order chi connectivity index (χ0) is 13.0. The van der Waals surface area contributed by atoms with Crippen LogP contribution in [-0.2, 0) is 13.0 Å². The molecule has 1 aromatic heterocycles. The van der Waals surface area contributed by atoms with Crippen LogP contribution in [0, 0.1) is 0 Å². The van der Waals surface area contributed by atoms with Crippen LogP contribution in [0.1, 0.15) is 23.9 Å². The Morgan fingerprint density at radius 3 is 2.61 bits per heavy atom. The highest BCUT2D eigenvalue weighted by Gasteiger charge is 2.07. The van der Waals surface area contributed by atoms with Crippen molar-refractivity contribution in [2.75, 3.05) is 12.4 Å². The molecular weight excluding hydrogens is 224 g/mol. The van der Waals surface area contributed by atoms with Gasteiger partial charge in [-0.3, -0.25) is 0 Å². The molecule has 0 unspecified atom stereocenters. The van der Waals surface area contributed by atoms with Crippen LogP contribution in [-0.4, -0.2) is 21.8 Å². The normalized spacial score (nSPS) is 10.3. The van der Waals surface area contributed by atoms with Crippen molar-refractivity contribution in [3.05, 3.63) is 47.8 Å². The standard InChI is InChI=1S/C14H18N4/c1-4-11-6-8-12(9-7-11)10-18-13(5-2)16-14(15-3)17-18/h4,6-9H,1,5,10H2,2-3H3,(H,15,17). The highest BCUT2D eigenvalue weighted by Crippen LogP contribution is 2.10. The van der Waals surface area contributed by atoms with Gasteiger partial charge < -0.3 is 5.32 Å². The van der Waals surface area contributed by atoms with Gasteiger partial charge in [0.15, 0.2) is 0 Å². The van der Waals surface area contributed by atoms with Gasteiger partial charge in [0, 0.05) is 13.5 Å². The maximum Gasteiger partial charge on any atom is 0.242 e. The maximum atomic E-state index is 4.41. The average Bonchev–Trinajstić information content (AvgIpc) is 2.82. The van der Waals surface area contributed by atoms with E-state index in [1.807, 2.05) is 17.8 Å². The molecule has 0 atom stereocenters. The minimum Gasteiger partial charge on any atom is -0.356 e. The molecule has 1 N–H and O–H groups in total. The van der Waals surface area contributed by atoms with Crippen molar-refractivity contribution in [3.63, 3.8) is 0 Å². The van der Waals surface area contributed by atoms with E-state index in [9.17, 15) is 0 Å². The van der Waals surface area contributed by atoms with Gasteiger partial charge in [0.25, 0.3) is 0 Å². The molecule has 2 rings (SSSR count).